The van der Waals surface area contributed by atoms with E-state index in [9.17, 15) is 4.79 Å². The van der Waals surface area contributed by atoms with Crippen LogP contribution in [-0.2, 0) is 9.53 Å². The normalized spacial score (nSPS) is 29.4. The number of carbonyl (C=O) groups is 1. The highest BCUT2D eigenvalue weighted by molar-refractivity contribution is 5.73. The van der Waals surface area contributed by atoms with Crippen LogP contribution in [0.3, 0.4) is 0 Å². The molecule has 0 aromatic heterocycles. The number of methoxy groups -OCH3 is 1. The number of aliphatic carboxylic acids is 1. The molecule has 1 saturated carbocycles. The lowest BCUT2D eigenvalue weighted by molar-refractivity contribution is -0.140. The molecule has 2 N–H and O–H groups in total. The predicted octanol–water partition coefficient (Wildman–Crippen LogP) is 0.617. The Balaban J connectivity index is 2.21. The van der Waals surface area contributed by atoms with Crippen LogP contribution in [0.25, 0.3) is 0 Å². The molecule has 1 atom stereocenters. The fraction of sp³-hybridized carbons (Fsp3) is 0.889. The Morgan fingerprint density at radius 1 is 1.69 bits per heavy atom. The molecule has 1 unspecified atom stereocenters. The Kier molecular flexibility index (Phi) is 3.69. The standard InChI is InChI=1S/C9H17NO3/c1-3-8(9(11)12)10-6-4-7(5-6)13-2/h6-8,10H,3-5H2,1-2H3,(H,11,12). The summed E-state index contributed by atoms with van der Waals surface area (Å²) in [7, 11) is 1.69. The van der Waals surface area contributed by atoms with Crippen molar-refractivity contribution < 1.29 is 14.6 Å². The third-order valence-electron chi connectivity index (χ3n) is 2.57. The number of ether oxygens (including phenoxy) is 1. The van der Waals surface area contributed by atoms with Crippen LogP contribution in [0.15, 0.2) is 0 Å². The minimum atomic E-state index is -0.761. The van der Waals surface area contributed by atoms with Crippen LogP contribution in [-0.4, -0.2) is 36.4 Å². The van der Waals surface area contributed by atoms with Gasteiger partial charge in [0.1, 0.15) is 6.04 Å². The zero-order valence-corrected chi connectivity index (χ0v) is 8.12. The molecule has 0 heterocycles. The highest BCUT2D eigenvalue weighted by Crippen LogP contribution is 2.23. The molecule has 0 radical (unpaired) electrons. The van der Waals surface area contributed by atoms with Gasteiger partial charge in [-0.2, -0.15) is 0 Å². The van der Waals surface area contributed by atoms with Gasteiger partial charge < -0.3 is 15.2 Å². The summed E-state index contributed by atoms with van der Waals surface area (Å²) in [6.07, 6.45) is 2.81. The van der Waals surface area contributed by atoms with Gasteiger partial charge in [0.2, 0.25) is 0 Å². The average Bonchev–Trinajstić information content (AvgIpc) is 2.02. The molecule has 0 bridgehead atoms. The molecular formula is C9H17NO3. The summed E-state index contributed by atoms with van der Waals surface area (Å²) in [5.41, 5.74) is 0. The Bertz CT molecular complexity index is 178. The fourth-order valence-electron chi connectivity index (χ4n) is 1.54. The lowest BCUT2D eigenvalue weighted by Crippen LogP contribution is -2.51. The summed E-state index contributed by atoms with van der Waals surface area (Å²) in [4.78, 5) is 10.7. The van der Waals surface area contributed by atoms with Gasteiger partial charge in [-0.1, -0.05) is 6.92 Å². The molecular weight excluding hydrogens is 170 g/mol. The Labute approximate surface area is 78.3 Å². The highest BCUT2D eigenvalue weighted by Gasteiger charge is 2.31. The molecule has 0 aromatic carbocycles. The molecule has 0 aromatic rings. The summed E-state index contributed by atoms with van der Waals surface area (Å²) < 4.78 is 5.10. The lowest BCUT2D eigenvalue weighted by atomic mass is 9.88. The van der Waals surface area contributed by atoms with Crippen molar-refractivity contribution in [3.05, 3.63) is 0 Å². The monoisotopic (exact) mass is 187 g/mol. The van der Waals surface area contributed by atoms with E-state index in [1.54, 1.807) is 7.11 Å². The van der Waals surface area contributed by atoms with Crippen LogP contribution >= 0.6 is 0 Å². The van der Waals surface area contributed by atoms with Crippen molar-refractivity contribution in [2.24, 2.45) is 0 Å². The summed E-state index contributed by atoms with van der Waals surface area (Å²) in [6.45, 7) is 1.87. The van der Waals surface area contributed by atoms with Gasteiger partial charge in [0.15, 0.2) is 0 Å². The van der Waals surface area contributed by atoms with Crippen molar-refractivity contribution in [2.45, 2.75) is 44.4 Å². The van der Waals surface area contributed by atoms with Gasteiger partial charge in [-0.3, -0.25) is 4.79 Å². The molecule has 0 aliphatic heterocycles. The van der Waals surface area contributed by atoms with E-state index in [1.807, 2.05) is 6.92 Å². The van der Waals surface area contributed by atoms with Crippen LogP contribution in [0.1, 0.15) is 26.2 Å². The molecule has 0 spiro atoms. The predicted molar refractivity (Wildman–Crippen MR) is 48.7 cm³/mol. The molecule has 4 nitrogen and oxygen atoms in total. The third-order valence-corrected chi connectivity index (χ3v) is 2.57. The second kappa shape index (κ2) is 4.58. The second-order valence-electron chi connectivity index (χ2n) is 3.49. The number of hydrogen-bond acceptors (Lipinski definition) is 3. The maximum Gasteiger partial charge on any atom is 0.320 e. The van der Waals surface area contributed by atoms with Gasteiger partial charge in [0.25, 0.3) is 0 Å². The summed E-state index contributed by atoms with van der Waals surface area (Å²) in [5, 5.41) is 11.9. The van der Waals surface area contributed by atoms with Crippen molar-refractivity contribution in [1.29, 1.82) is 0 Å². The topological polar surface area (TPSA) is 58.6 Å². The number of nitrogens with one attached hydrogen (secondary N) is 1. The molecule has 1 aliphatic rings. The smallest absolute Gasteiger partial charge is 0.320 e. The van der Waals surface area contributed by atoms with Crippen molar-refractivity contribution in [1.82, 2.24) is 5.32 Å². The molecule has 76 valence electrons. The van der Waals surface area contributed by atoms with Crippen LogP contribution in [0.4, 0.5) is 0 Å². The average molecular weight is 187 g/mol. The first-order chi connectivity index (χ1) is 6.17. The van der Waals surface area contributed by atoms with Gasteiger partial charge in [-0.15, -0.1) is 0 Å². The van der Waals surface area contributed by atoms with Gasteiger partial charge >= 0.3 is 5.97 Å². The summed E-state index contributed by atoms with van der Waals surface area (Å²) >= 11 is 0. The van der Waals surface area contributed by atoms with Gasteiger partial charge in [0, 0.05) is 13.2 Å². The van der Waals surface area contributed by atoms with Crippen LogP contribution in [0.2, 0.25) is 0 Å². The van der Waals surface area contributed by atoms with Crippen LogP contribution in [0.5, 0.6) is 0 Å². The Morgan fingerprint density at radius 2 is 2.31 bits per heavy atom. The maximum atomic E-state index is 10.7. The zero-order chi connectivity index (χ0) is 9.84. The lowest BCUT2D eigenvalue weighted by Gasteiger charge is -2.36. The minimum absolute atomic E-state index is 0.323. The summed E-state index contributed by atoms with van der Waals surface area (Å²) in [6, 6.07) is -0.0752. The number of carboxylic acid groups (broad SMARTS) is 1. The van der Waals surface area contributed by atoms with Crippen molar-refractivity contribution in [2.75, 3.05) is 7.11 Å². The second-order valence-corrected chi connectivity index (χ2v) is 3.49. The molecule has 13 heavy (non-hydrogen) atoms. The van der Waals surface area contributed by atoms with Crippen molar-refractivity contribution >= 4 is 5.97 Å². The Hall–Kier alpha value is -0.610. The largest absolute Gasteiger partial charge is 0.480 e. The Morgan fingerprint density at radius 3 is 2.69 bits per heavy atom. The van der Waals surface area contributed by atoms with E-state index < -0.39 is 12.0 Å². The van der Waals surface area contributed by atoms with E-state index >= 15 is 0 Å². The molecule has 4 heteroatoms. The molecule has 1 fully saturated rings. The molecule has 1 aliphatic carbocycles. The van der Waals surface area contributed by atoms with E-state index in [0.717, 1.165) is 12.8 Å². The third kappa shape index (κ3) is 2.67. The van der Waals surface area contributed by atoms with E-state index in [2.05, 4.69) is 5.32 Å². The van der Waals surface area contributed by atoms with Gasteiger partial charge in [0.05, 0.1) is 6.10 Å². The van der Waals surface area contributed by atoms with Gasteiger partial charge in [-0.25, -0.2) is 0 Å². The zero-order valence-electron chi connectivity index (χ0n) is 8.12. The number of hydrogen-bond donors (Lipinski definition) is 2. The SMILES string of the molecule is CCC(NC1CC(OC)C1)C(=O)O. The van der Waals surface area contributed by atoms with Gasteiger partial charge in [-0.05, 0) is 19.3 Å². The first-order valence-electron chi connectivity index (χ1n) is 4.69. The molecule has 1 rings (SSSR count). The summed E-state index contributed by atoms with van der Waals surface area (Å²) in [5.74, 6) is -0.761. The van der Waals surface area contributed by atoms with Crippen LogP contribution < -0.4 is 5.32 Å². The van der Waals surface area contributed by atoms with E-state index in [0.29, 0.717) is 18.6 Å². The maximum absolute atomic E-state index is 10.7. The quantitative estimate of drug-likeness (QED) is 0.662. The van der Waals surface area contributed by atoms with E-state index in [1.165, 1.54) is 0 Å². The van der Waals surface area contributed by atoms with Crippen molar-refractivity contribution in [3.63, 3.8) is 0 Å². The van der Waals surface area contributed by atoms with E-state index in [-0.39, 0.29) is 0 Å². The van der Waals surface area contributed by atoms with Crippen LogP contribution in [0, 0.1) is 0 Å². The first kappa shape index (κ1) is 10.5. The highest BCUT2D eigenvalue weighted by atomic mass is 16.5. The molecule has 0 amide bonds. The minimum Gasteiger partial charge on any atom is -0.480 e. The molecule has 0 saturated heterocycles. The van der Waals surface area contributed by atoms with Crippen molar-refractivity contribution in [3.8, 4) is 0 Å². The fourth-order valence-corrected chi connectivity index (χ4v) is 1.54. The number of rotatable bonds is 5. The van der Waals surface area contributed by atoms with E-state index in [4.69, 9.17) is 9.84 Å². The first-order valence-corrected chi connectivity index (χ1v) is 4.69. The number of carboxylic acids is 1.